The summed E-state index contributed by atoms with van der Waals surface area (Å²) >= 11 is 6.06. The summed E-state index contributed by atoms with van der Waals surface area (Å²) < 4.78 is 37.1. The number of carbonyl (C=O) groups is 2. The van der Waals surface area contributed by atoms with Gasteiger partial charge in [0.05, 0.1) is 23.4 Å². The van der Waals surface area contributed by atoms with E-state index >= 15 is 0 Å². The molecule has 0 atom stereocenters. The molecule has 0 fully saturated rings. The lowest BCUT2D eigenvalue weighted by Crippen LogP contribution is -2.15. The third-order valence-electron chi connectivity index (χ3n) is 3.59. The summed E-state index contributed by atoms with van der Waals surface area (Å²) in [5.41, 5.74) is -0.574. The van der Waals surface area contributed by atoms with E-state index in [4.69, 9.17) is 16.1 Å². The van der Waals surface area contributed by atoms with Crippen molar-refractivity contribution in [3.8, 4) is 11.3 Å². The highest BCUT2D eigenvalue weighted by atomic mass is 35.5. The van der Waals surface area contributed by atoms with Gasteiger partial charge in [0.2, 0.25) is 0 Å². The Kier molecular flexibility index (Phi) is 5.18. The van der Waals surface area contributed by atoms with Crippen molar-refractivity contribution in [2.75, 3.05) is 12.4 Å². The van der Waals surface area contributed by atoms with Crippen molar-refractivity contribution in [2.24, 2.45) is 0 Å². The molecule has 0 aliphatic heterocycles. The summed E-state index contributed by atoms with van der Waals surface area (Å²) in [5, 5.41) is 6.22. The highest BCUT2D eigenvalue weighted by Gasteiger charge is 2.20. The molecule has 138 valence electrons. The van der Waals surface area contributed by atoms with Gasteiger partial charge in [-0.2, -0.15) is 0 Å². The number of ether oxygens (including phenoxy) is 1. The van der Waals surface area contributed by atoms with Gasteiger partial charge in [-0.1, -0.05) is 28.9 Å². The maximum atomic E-state index is 13.9. The molecule has 0 radical (unpaired) electrons. The van der Waals surface area contributed by atoms with Crippen LogP contribution in [0.1, 0.15) is 20.8 Å². The fraction of sp³-hybridized carbons (Fsp3) is 0.0556. The number of hydrogen-bond acceptors (Lipinski definition) is 5. The van der Waals surface area contributed by atoms with Crippen LogP contribution >= 0.6 is 11.6 Å². The predicted molar refractivity (Wildman–Crippen MR) is 92.6 cm³/mol. The zero-order valence-corrected chi connectivity index (χ0v) is 14.5. The number of amides is 1. The first-order valence-corrected chi connectivity index (χ1v) is 7.89. The lowest BCUT2D eigenvalue weighted by molar-refractivity contribution is 0.0595. The second-order valence-electron chi connectivity index (χ2n) is 5.31. The van der Waals surface area contributed by atoms with Crippen molar-refractivity contribution in [1.29, 1.82) is 0 Å². The number of hydrogen-bond donors (Lipinski definition) is 1. The van der Waals surface area contributed by atoms with Crippen LogP contribution in [0.15, 0.2) is 47.0 Å². The second-order valence-corrected chi connectivity index (χ2v) is 5.72. The van der Waals surface area contributed by atoms with Crippen LogP contribution in [0.2, 0.25) is 5.02 Å². The molecule has 1 aromatic heterocycles. The van der Waals surface area contributed by atoms with Gasteiger partial charge in [-0.05, 0) is 18.2 Å². The molecular weight excluding hydrogens is 382 g/mol. The van der Waals surface area contributed by atoms with Gasteiger partial charge < -0.3 is 14.6 Å². The monoisotopic (exact) mass is 392 g/mol. The van der Waals surface area contributed by atoms with Gasteiger partial charge in [0.15, 0.2) is 11.5 Å². The van der Waals surface area contributed by atoms with Gasteiger partial charge in [0, 0.05) is 17.7 Å². The lowest BCUT2D eigenvalue weighted by Gasteiger charge is -2.07. The minimum atomic E-state index is -1.11. The molecule has 0 saturated heterocycles. The van der Waals surface area contributed by atoms with Gasteiger partial charge in [-0.25, -0.2) is 13.6 Å². The first kappa shape index (κ1) is 18.5. The van der Waals surface area contributed by atoms with Crippen molar-refractivity contribution >= 4 is 29.2 Å². The number of benzene rings is 2. The third-order valence-corrected chi connectivity index (χ3v) is 3.92. The molecule has 1 amide bonds. The summed E-state index contributed by atoms with van der Waals surface area (Å²) in [6.07, 6.45) is 0. The first-order chi connectivity index (χ1) is 12.9. The minimum absolute atomic E-state index is 0.159. The summed E-state index contributed by atoms with van der Waals surface area (Å²) in [4.78, 5) is 23.8. The summed E-state index contributed by atoms with van der Waals surface area (Å²) in [6, 6.07) is 9.40. The molecule has 0 aliphatic carbocycles. The van der Waals surface area contributed by atoms with E-state index < -0.39 is 34.8 Å². The standard InChI is InChI=1S/C18H11ClF2N2O4/c1-26-18(25)10-6-14(13(21)7-12(10)20)22-17(24)15-8-16(27-23-15)9-4-2-3-5-11(9)19/h2-8H,1H3,(H,22,24). The van der Waals surface area contributed by atoms with Crippen molar-refractivity contribution in [3.05, 3.63) is 70.4 Å². The summed E-state index contributed by atoms with van der Waals surface area (Å²) in [5.74, 6) is -3.77. The predicted octanol–water partition coefficient (Wildman–Crippen LogP) is 4.31. The third kappa shape index (κ3) is 3.80. The number of rotatable bonds is 4. The van der Waals surface area contributed by atoms with Crippen molar-refractivity contribution in [1.82, 2.24) is 5.16 Å². The van der Waals surface area contributed by atoms with E-state index in [1.807, 2.05) is 0 Å². The second kappa shape index (κ2) is 7.55. The Morgan fingerprint density at radius 3 is 2.59 bits per heavy atom. The molecule has 27 heavy (non-hydrogen) atoms. The van der Waals surface area contributed by atoms with Crippen LogP contribution < -0.4 is 5.32 Å². The molecule has 0 aliphatic rings. The molecular formula is C18H11ClF2N2O4. The van der Waals surface area contributed by atoms with Gasteiger partial charge in [0.1, 0.15) is 11.6 Å². The summed E-state index contributed by atoms with van der Waals surface area (Å²) in [6.45, 7) is 0. The Hall–Kier alpha value is -3.26. The Labute approximate surface area is 156 Å². The average Bonchev–Trinajstić information content (AvgIpc) is 3.13. The number of carbonyl (C=O) groups excluding carboxylic acids is 2. The topological polar surface area (TPSA) is 81.4 Å². The van der Waals surface area contributed by atoms with Crippen LogP contribution in [0.5, 0.6) is 0 Å². The molecule has 0 saturated carbocycles. The van der Waals surface area contributed by atoms with Gasteiger partial charge in [0.25, 0.3) is 5.91 Å². The van der Waals surface area contributed by atoms with E-state index in [0.717, 1.165) is 13.2 Å². The fourth-order valence-electron chi connectivity index (χ4n) is 2.27. The molecule has 9 heteroatoms. The van der Waals surface area contributed by atoms with E-state index in [1.54, 1.807) is 24.3 Å². The first-order valence-electron chi connectivity index (χ1n) is 7.51. The van der Waals surface area contributed by atoms with Crippen LogP contribution in [-0.2, 0) is 4.74 Å². The number of nitrogens with one attached hydrogen (secondary N) is 1. The zero-order chi connectivity index (χ0) is 19.6. The molecule has 1 N–H and O–H groups in total. The maximum absolute atomic E-state index is 13.9. The molecule has 2 aromatic carbocycles. The maximum Gasteiger partial charge on any atom is 0.340 e. The van der Waals surface area contributed by atoms with E-state index in [1.165, 1.54) is 6.07 Å². The van der Waals surface area contributed by atoms with Crippen molar-refractivity contribution in [3.63, 3.8) is 0 Å². The van der Waals surface area contributed by atoms with Crippen LogP contribution in [0.4, 0.5) is 14.5 Å². The molecule has 0 spiro atoms. The van der Waals surface area contributed by atoms with Gasteiger partial charge in [-0.15, -0.1) is 0 Å². The number of anilines is 1. The number of aromatic nitrogens is 1. The molecule has 3 aromatic rings. The molecule has 0 unspecified atom stereocenters. The Morgan fingerprint density at radius 1 is 1.15 bits per heavy atom. The minimum Gasteiger partial charge on any atom is -0.465 e. The Morgan fingerprint density at radius 2 is 1.89 bits per heavy atom. The van der Waals surface area contributed by atoms with Crippen molar-refractivity contribution < 1.29 is 27.6 Å². The highest BCUT2D eigenvalue weighted by Crippen LogP contribution is 2.28. The normalized spacial score (nSPS) is 10.5. The van der Waals surface area contributed by atoms with Gasteiger partial charge in [-0.3, -0.25) is 4.79 Å². The zero-order valence-electron chi connectivity index (χ0n) is 13.8. The lowest BCUT2D eigenvalue weighted by atomic mass is 10.1. The van der Waals surface area contributed by atoms with Crippen molar-refractivity contribution in [2.45, 2.75) is 0 Å². The molecule has 1 heterocycles. The van der Waals surface area contributed by atoms with E-state index in [0.29, 0.717) is 16.7 Å². The average molecular weight is 393 g/mol. The number of methoxy groups -OCH3 is 1. The fourth-order valence-corrected chi connectivity index (χ4v) is 2.50. The smallest absolute Gasteiger partial charge is 0.340 e. The number of nitrogens with zero attached hydrogens (tertiary/aromatic N) is 1. The van der Waals surface area contributed by atoms with Gasteiger partial charge >= 0.3 is 5.97 Å². The Bertz CT molecular complexity index is 1040. The largest absolute Gasteiger partial charge is 0.465 e. The van der Waals surface area contributed by atoms with E-state index in [9.17, 15) is 18.4 Å². The van der Waals surface area contributed by atoms with E-state index in [2.05, 4.69) is 15.2 Å². The molecule has 6 nitrogen and oxygen atoms in total. The van der Waals surface area contributed by atoms with Crippen LogP contribution in [0.3, 0.4) is 0 Å². The highest BCUT2D eigenvalue weighted by molar-refractivity contribution is 6.33. The SMILES string of the molecule is COC(=O)c1cc(NC(=O)c2cc(-c3ccccc3Cl)on2)c(F)cc1F. The number of halogens is 3. The quantitative estimate of drug-likeness (QED) is 0.669. The number of esters is 1. The molecule has 0 bridgehead atoms. The van der Waals surface area contributed by atoms with Crippen LogP contribution in [-0.4, -0.2) is 24.1 Å². The Balaban J connectivity index is 1.86. The van der Waals surface area contributed by atoms with Crippen LogP contribution in [0, 0.1) is 11.6 Å². The van der Waals surface area contributed by atoms with E-state index in [-0.39, 0.29) is 11.5 Å². The summed E-state index contributed by atoms with van der Waals surface area (Å²) in [7, 11) is 1.05. The van der Waals surface area contributed by atoms with Crippen LogP contribution in [0.25, 0.3) is 11.3 Å². The molecule has 3 rings (SSSR count).